The Morgan fingerprint density at radius 3 is 2.63 bits per heavy atom. The predicted molar refractivity (Wildman–Crippen MR) is 99.5 cm³/mol. The van der Waals surface area contributed by atoms with Gasteiger partial charge in [-0.15, -0.1) is 11.8 Å². The smallest absolute Gasteiger partial charge is 0.352 e. The number of allylic oxidation sites excluding steroid dienone is 2. The van der Waals surface area contributed by atoms with E-state index in [9.17, 15) is 24.6 Å². The number of thioether (sulfide) groups is 1. The van der Waals surface area contributed by atoms with Crippen LogP contribution in [0.5, 0.6) is 5.75 Å². The Balaban J connectivity index is 1.74. The summed E-state index contributed by atoms with van der Waals surface area (Å²) in [5.74, 6) is -1.71. The van der Waals surface area contributed by atoms with Gasteiger partial charge in [0.05, 0.1) is 0 Å². The lowest BCUT2D eigenvalue weighted by atomic mass is 10.0. The highest BCUT2D eigenvalue weighted by molar-refractivity contribution is 8.00. The lowest BCUT2D eigenvalue weighted by molar-refractivity contribution is -0.150. The second kappa shape index (κ2) is 7.45. The van der Waals surface area contributed by atoms with E-state index < -0.39 is 35.2 Å². The van der Waals surface area contributed by atoms with Crippen LogP contribution in [-0.4, -0.2) is 50.1 Å². The first-order valence-electron chi connectivity index (χ1n) is 8.24. The molecule has 1 fully saturated rings. The van der Waals surface area contributed by atoms with E-state index in [1.807, 2.05) is 0 Å². The highest BCUT2D eigenvalue weighted by Gasteiger charge is 2.54. The molecule has 0 saturated carbocycles. The van der Waals surface area contributed by atoms with Gasteiger partial charge in [0.1, 0.15) is 28.9 Å². The minimum atomic E-state index is -1.17. The second-order valence-electron chi connectivity index (χ2n) is 6.14. The molecule has 2 aliphatic rings. The van der Waals surface area contributed by atoms with Crippen molar-refractivity contribution in [3.8, 4) is 5.75 Å². The van der Waals surface area contributed by atoms with Crippen LogP contribution >= 0.6 is 11.8 Å². The number of β-lactam (4-membered cyclic amide) rings is 1. The molecule has 0 radical (unpaired) electrons. The number of nitrogens with one attached hydrogen (secondary N) is 1. The molecule has 27 heavy (non-hydrogen) atoms. The average Bonchev–Trinajstić information content (AvgIpc) is 2.65. The average molecular weight is 389 g/mol. The number of carbonyl (C=O) groups excluding carboxylic acids is 2. The standard InChI is InChI=1S/C18H19N3O5S/c1-2-3-10-8-27-17-13(16(24)21(17)14(10)18(25)26)20-15(23)12(19)9-4-6-11(22)7-5-9/h2-7,12-13,17,22H,8,19H2,1H3,(H,20,23)(H,25,26)/b3-2-/t12?,13?,17-/m0/s1. The number of nitrogens with two attached hydrogens (primary N) is 1. The van der Waals surface area contributed by atoms with E-state index in [2.05, 4.69) is 5.32 Å². The monoisotopic (exact) mass is 389 g/mol. The van der Waals surface area contributed by atoms with Crippen LogP contribution in [-0.2, 0) is 14.4 Å². The molecule has 2 unspecified atom stereocenters. The third kappa shape index (κ3) is 3.43. The molecule has 2 amide bonds. The largest absolute Gasteiger partial charge is 0.508 e. The zero-order chi connectivity index (χ0) is 19.7. The van der Waals surface area contributed by atoms with Crippen LogP contribution in [0.3, 0.4) is 0 Å². The van der Waals surface area contributed by atoms with Gasteiger partial charge >= 0.3 is 5.97 Å². The predicted octanol–water partition coefficient (Wildman–Crippen LogP) is 0.707. The summed E-state index contributed by atoms with van der Waals surface area (Å²) in [7, 11) is 0. The second-order valence-corrected chi connectivity index (χ2v) is 7.25. The first-order valence-corrected chi connectivity index (χ1v) is 9.28. The minimum absolute atomic E-state index is 0.0461. The number of carboxylic acids is 1. The molecule has 1 saturated heterocycles. The minimum Gasteiger partial charge on any atom is -0.508 e. The Morgan fingerprint density at radius 1 is 1.37 bits per heavy atom. The molecule has 1 aromatic carbocycles. The Bertz CT molecular complexity index is 849. The zero-order valence-corrected chi connectivity index (χ0v) is 15.3. The number of aromatic hydroxyl groups is 1. The van der Waals surface area contributed by atoms with E-state index in [0.29, 0.717) is 16.9 Å². The van der Waals surface area contributed by atoms with Crippen molar-refractivity contribution in [2.24, 2.45) is 5.73 Å². The molecule has 0 aromatic heterocycles. The Hall–Kier alpha value is -2.78. The van der Waals surface area contributed by atoms with Crippen LogP contribution in [0.4, 0.5) is 0 Å². The summed E-state index contributed by atoms with van der Waals surface area (Å²) in [6.45, 7) is 1.77. The van der Waals surface area contributed by atoms with Crippen LogP contribution in [0.2, 0.25) is 0 Å². The molecule has 9 heteroatoms. The normalized spacial score (nSPS) is 23.0. The summed E-state index contributed by atoms with van der Waals surface area (Å²) in [4.78, 5) is 37.7. The van der Waals surface area contributed by atoms with Crippen LogP contribution in [0, 0.1) is 0 Å². The molecule has 0 aliphatic carbocycles. The lowest BCUT2D eigenvalue weighted by Gasteiger charge is -2.49. The van der Waals surface area contributed by atoms with E-state index in [1.54, 1.807) is 19.1 Å². The number of rotatable bonds is 5. The van der Waals surface area contributed by atoms with Gasteiger partial charge in [-0.1, -0.05) is 24.3 Å². The fourth-order valence-corrected chi connectivity index (χ4v) is 4.37. The van der Waals surface area contributed by atoms with Crippen molar-refractivity contribution >= 4 is 29.5 Å². The van der Waals surface area contributed by atoms with E-state index in [0.717, 1.165) is 0 Å². The molecule has 0 bridgehead atoms. The molecule has 3 atom stereocenters. The number of fused-ring (bicyclic) bond motifs is 1. The van der Waals surface area contributed by atoms with Gasteiger partial charge in [0.25, 0.3) is 5.91 Å². The lowest BCUT2D eigenvalue weighted by Crippen LogP contribution is -2.71. The maximum atomic E-state index is 12.5. The van der Waals surface area contributed by atoms with Crippen molar-refractivity contribution in [2.75, 3.05) is 5.75 Å². The van der Waals surface area contributed by atoms with Gasteiger partial charge < -0.3 is 21.3 Å². The number of carboxylic acid groups (broad SMARTS) is 1. The highest BCUT2D eigenvalue weighted by atomic mass is 32.2. The van der Waals surface area contributed by atoms with Gasteiger partial charge in [-0.2, -0.15) is 0 Å². The van der Waals surface area contributed by atoms with Gasteiger partial charge in [-0.25, -0.2) is 4.79 Å². The summed E-state index contributed by atoms with van der Waals surface area (Å²) in [5, 5.41) is 20.9. The fourth-order valence-electron chi connectivity index (χ4n) is 3.05. The number of nitrogens with zero attached hydrogens (tertiary/aromatic N) is 1. The molecule has 2 aliphatic heterocycles. The first-order chi connectivity index (χ1) is 12.8. The van der Waals surface area contributed by atoms with Gasteiger partial charge in [0, 0.05) is 5.75 Å². The third-order valence-electron chi connectivity index (χ3n) is 4.40. The third-order valence-corrected chi connectivity index (χ3v) is 5.70. The van der Waals surface area contributed by atoms with E-state index >= 15 is 0 Å². The summed E-state index contributed by atoms with van der Waals surface area (Å²) in [6, 6.07) is 4.06. The maximum absolute atomic E-state index is 12.5. The van der Waals surface area contributed by atoms with Crippen LogP contribution in [0.25, 0.3) is 0 Å². The molecule has 2 heterocycles. The topological polar surface area (TPSA) is 133 Å². The zero-order valence-electron chi connectivity index (χ0n) is 14.5. The highest BCUT2D eigenvalue weighted by Crippen LogP contribution is 2.40. The number of hydrogen-bond acceptors (Lipinski definition) is 6. The number of phenols is 1. The van der Waals surface area contributed by atoms with E-state index in [1.165, 1.54) is 40.9 Å². The van der Waals surface area contributed by atoms with E-state index in [-0.39, 0.29) is 11.4 Å². The molecule has 5 N–H and O–H groups in total. The maximum Gasteiger partial charge on any atom is 0.352 e. The van der Waals surface area contributed by atoms with Gasteiger partial charge in [-0.3, -0.25) is 14.5 Å². The van der Waals surface area contributed by atoms with Crippen molar-refractivity contribution in [2.45, 2.75) is 24.4 Å². The van der Waals surface area contributed by atoms with Crippen molar-refractivity contribution in [3.05, 3.63) is 53.3 Å². The van der Waals surface area contributed by atoms with Crippen LogP contribution in [0.15, 0.2) is 47.7 Å². The molecule has 8 nitrogen and oxygen atoms in total. The number of benzene rings is 1. The molecular weight excluding hydrogens is 370 g/mol. The quantitative estimate of drug-likeness (QED) is 0.545. The Labute approximate surface area is 159 Å². The summed E-state index contributed by atoms with van der Waals surface area (Å²) in [5.41, 5.74) is 6.93. The number of phenolic OH excluding ortho intramolecular Hbond substituents is 1. The van der Waals surface area contributed by atoms with Crippen molar-refractivity contribution in [1.82, 2.24) is 10.2 Å². The first kappa shape index (κ1) is 19.0. The van der Waals surface area contributed by atoms with Gasteiger partial charge in [0.2, 0.25) is 5.91 Å². The SMILES string of the molecule is C/C=C\C1=C(C(=O)O)N2C(=O)C(NC(=O)C(N)c3ccc(O)cc3)[C@@H]2SC1. The summed E-state index contributed by atoms with van der Waals surface area (Å²) >= 11 is 1.39. The number of amides is 2. The number of carbonyl (C=O) groups is 3. The van der Waals surface area contributed by atoms with Gasteiger partial charge in [-0.05, 0) is 30.2 Å². The number of aliphatic carboxylic acids is 1. The Kier molecular flexibility index (Phi) is 5.24. The molecule has 0 spiro atoms. The summed E-state index contributed by atoms with van der Waals surface area (Å²) in [6.07, 6.45) is 3.39. The fraction of sp³-hybridized carbons (Fsp3) is 0.278. The van der Waals surface area contributed by atoms with Gasteiger partial charge in [0.15, 0.2) is 0 Å². The summed E-state index contributed by atoms with van der Waals surface area (Å²) < 4.78 is 0. The van der Waals surface area contributed by atoms with Crippen molar-refractivity contribution in [1.29, 1.82) is 0 Å². The Morgan fingerprint density at radius 2 is 2.04 bits per heavy atom. The van der Waals surface area contributed by atoms with E-state index in [4.69, 9.17) is 5.73 Å². The molecular formula is C18H19N3O5S. The molecule has 142 valence electrons. The molecule has 3 rings (SSSR count). The molecule has 1 aromatic rings. The van der Waals surface area contributed by atoms with Crippen LogP contribution in [0.1, 0.15) is 18.5 Å². The van der Waals surface area contributed by atoms with Crippen molar-refractivity contribution in [3.63, 3.8) is 0 Å². The van der Waals surface area contributed by atoms with Crippen LogP contribution < -0.4 is 11.1 Å². The number of hydrogen-bond donors (Lipinski definition) is 4. The van der Waals surface area contributed by atoms with Crippen molar-refractivity contribution < 1.29 is 24.6 Å².